The van der Waals surface area contributed by atoms with E-state index >= 15 is 0 Å². The first-order valence-corrected chi connectivity index (χ1v) is 8.75. The maximum atomic E-state index is 12.8. The van der Waals surface area contributed by atoms with Crippen LogP contribution in [0.5, 0.6) is 0 Å². The third-order valence-electron chi connectivity index (χ3n) is 3.73. The molecule has 1 saturated heterocycles. The molecule has 0 bridgehead atoms. The zero-order valence-electron chi connectivity index (χ0n) is 13.2. The van der Waals surface area contributed by atoms with Crippen molar-refractivity contribution in [2.75, 3.05) is 26.2 Å². The average Bonchev–Trinajstić information content (AvgIpc) is 2.68. The number of aryl methyl sites for hydroxylation is 2. The summed E-state index contributed by atoms with van der Waals surface area (Å²) in [5.41, 5.74) is 1.02. The first-order chi connectivity index (χ1) is 10.4. The van der Waals surface area contributed by atoms with Crippen LogP contribution >= 0.6 is 0 Å². The fraction of sp³-hybridized carbons (Fsp3) is 0.571. The topological polar surface area (TPSA) is 86.4 Å². The highest BCUT2D eigenvalue weighted by Gasteiger charge is 2.31. The summed E-state index contributed by atoms with van der Waals surface area (Å²) in [6, 6.07) is 0. The van der Waals surface area contributed by atoms with Crippen molar-refractivity contribution in [3.63, 3.8) is 0 Å². The molecular formula is C14H22N4O3S. The SMILES string of the molecule is CC=CC(=O)N1CCCN(S(=O)(=O)c2c(C)n[nH]c2C)CC1. The van der Waals surface area contributed by atoms with Gasteiger partial charge in [0.25, 0.3) is 0 Å². The second kappa shape index (κ2) is 6.62. The van der Waals surface area contributed by atoms with E-state index < -0.39 is 10.0 Å². The van der Waals surface area contributed by atoms with E-state index in [0.717, 1.165) is 0 Å². The van der Waals surface area contributed by atoms with Crippen molar-refractivity contribution in [2.45, 2.75) is 32.1 Å². The summed E-state index contributed by atoms with van der Waals surface area (Å²) in [5, 5.41) is 6.68. The highest BCUT2D eigenvalue weighted by atomic mass is 32.2. The molecule has 1 aromatic rings. The molecule has 0 aliphatic carbocycles. The van der Waals surface area contributed by atoms with Crippen molar-refractivity contribution in [3.05, 3.63) is 23.5 Å². The summed E-state index contributed by atoms with van der Waals surface area (Å²) < 4.78 is 27.0. The molecule has 2 rings (SSSR count). The molecule has 7 nitrogen and oxygen atoms in total. The summed E-state index contributed by atoms with van der Waals surface area (Å²) in [6.07, 6.45) is 3.83. The minimum absolute atomic E-state index is 0.0718. The predicted molar refractivity (Wildman–Crippen MR) is 82.8 cm³/mol. The van der Waals surface area contributed by atoms with Crippen LogP contribution in [-0.2, 0) is 14.8 Å². The second-order valence-corrected chi connectivity index (χ2v) is 7.22. The molecule has 1 aromatic heterocycles. The Morgan fingerprint density at radius 2 is 1.95 bits per heavy atom. The number of nitrogens with zero attached hydrogens (tertiary/aromatic N) is 3. The van der Waals surface area contributed by atoms with E-state index in [1.165, 1.54) is 10.4 Å². The predicted octanol–water partition coefficient (Wildman–Crippen LogP) is 0.826. The largest absolute Gasteiger partial charge is 0.338 e. The number of aromatic amines is 1. The zero-order chi connectivity index (χ0) is 16.3. The summed E-state index contributed by atoms with van der Waals surface area (Å²) in [7, 11) is -3.58. The van der Waals surface area contributed by atoms with Crippen LogP contribution in [-0.4, -0.2) is 59.9 Å². The van der Waals surface area contributed by atoms with Crippen LogP contribution in [0.3, 0.4) is 0 Å². The Labute approximate surface area is 131 Å². The molecule has 1 N–H and O–H groups in total. The van der Waals surface area contributed by atoms with Gasteiger partial charge in [-0.2, -0.15) is 9.40 Å². The third kappa shape index (κ3) is 3.22. The maximum absolute atomic E-state index is 12.8. The van der Waals surface area contributed by atoms with E-state index in [0.29, 0.717) is 44.0 Å². The van der Waals surface area contributed by atoms with Crippen molar-refractivity contribution >= 4 is 15.9 Å². The summed E-state index contributed by atoms with van der Waals surface area (Å²) in [4.78, 5) is 13.8. The number of carbonyl (C=O) groups is 1. The Morgan fingerprint density at radius 3 is 2.55 bits per heavy atom. The molecule has 0 radical (unpaired) electrons. The van der Waals surface area contributed by atoms with Gasteiger partial charge in [0.05, 0.1) is 11.4 Å². The van der Waals surface area contributed by atoms with Gasteiger partial charge in [0.1, 0.15) is 4.90 Å². The number of hydrogen-bond acceptors (Lipinski definition) is 4. The van der Waals surface area contributed by atoms with E-state index in [2.05, 4.69) is 10.2 Å². The van der Waals surface area contributed by atoms with Gasteiger partial charge >= 0.3 is 0 Å². The number of aromatic nitrogens is 2. The van der Waals surface area contributed by atoms with E-state index in [-0.39, 0.29) is 10.8 Å². The molecule has 1 aliphatic rings. The summed E-state index contributed by atoms with van der Waals surface area (Å²) in [5.74, 6) is -0.0718. The van der Waals surface area contributed by atoms with E-state index in [1.807, 2.05) is 0 Å². The maximum Gasteiger partial charge on any atom is 0.246 e. The Hall–Kier alpha value is -1.67. The molecule has 8 heteroatoms. The van der Waals surface area contributed by atoms with E-state index in [9.17, 15) is 13.2 Å². The van der Waals surface area contributed by atoms with Gasteiger partial charge < -0.3 is 4.90 Å². The van der Waals surface area contributed by atoms with Crippen molar-refractivity contribution < 1.29 is 13.2 Å². The molecule has 0 saturated carbocycles. The van der Waals surface area contributed by atoms with Crippen LogP contribution in [0.25, 0.3) is 0 Å². The van der Waals surface area contributed by atoms with Crippen LogP contribution in [0.4, 0.5) is 0 Å². The van der Waals surface area contributed by atoms with Gasteiger partial charge in [-0.05, 0) is 33.3 Å². The van der Waals surface area contributed by atoms with Gasteiger partial charge in [0.15, 0.2) is 0 Å². The number of sulfonamides is 1. The summed E-state index contributed by atoms with van der Waals surface area (Å²) in [6.45, 7) is 6.85. The lowest BCUT2D eigenvalue weighted by atomic mass is 10.3. The van der Waals surface area contributed by atoms with Crippen LogP contribution in [0.2, 0.25) is 0 Å². The van der Waals surface area contributed by atoms with E-state index in [1.54, 1.807) is 31.7 Å². The molecule has 1 aliphatic heterocycles. The van der Waals surface area contributed by atoms with Gasteiger partial charge in [0.2, 0.25) is 15.9 Å². The molecule has 2 heterocycles. The normalized spacial score (nSPS) is 17.9. The lowest BCUT2D eigenvalue weighted by Gasteiger charge is -2.21. The number of nitrogens with one attached hydrogen (secondary N) is 1. The average molecular weight is 326 g/mol. The van der Waals surface area contributed by atoms with Crippen molar-refractivity contribution in [3.8, 4) is 0 Å². The standard InChI is InChI=1S/C14H22N4O3S/c1-4-6-13(19)17-7-5-8-18(10-9-17)22(20,21)14-11(2)15-16-12(14)3/h4,6H,5,7-10H2,1-3H3,(H,15,16). The van der Waals surface area contributed by atoms with Crippen LogP contribution in [0.1, 0.15) is 24.7 Å². The van der Waals surface area contributed by atoms with Crippen LogP contribution in [0, 0.1) is 13.8 Å². The van der Waals surface area contributed by atoms with Gasteiger partial charge in [-0.3, -0.25) is 9.89 Å². The molecule has 0 spiro atoms. The molecule has 1 fully saturated rings. The molecular weight excluding hydrogens is 304 g/mol. The number of carbonyl (C=O) groups excluding carboxylic acids is 1. The highest BCUT2D eigenvalue weighted by Crippen LogP contribution is 2.22. The second-order valence-electron chi connectivity index (χ2n) is 5.35. The third-order valence-corrected chi connectivity index (χ3v) is 5.90. The lowest BCUT2D eigenvalue weighted by Crippen LogP contribution is -2.37. The molecule has 0 atom stereocenters. The smallest absolute Gasteiger partial charge is 0.246 e. The highest BCUT2D eigenvalue weighted by molar-refractivity contribution is 7.89. The first-order valence-electron chi connectivity index (χ1n) is 7.31. The fourth-order valence-electron chi connectivity index (χ4n) is 2.65. The lowest BCUT2D eigenvalue weighted by molar-refractivity contribution is -0.125. The Morgan fingerprint density at radius 1 is 1.23 bits per heavy atom. The minimum atomic E-state index is -3.58. The Bertz CT molecular complexity index is 659. The number of amides is 1. The number of hydrogen-bond donors (Lipinski definition) is 1. The molecule has 0 aromatic carbocycles. The molecule has 1 amide bonds. The van der Waals surface area contributed by atoms with Gasteiger partial charge in [-0.25, -0.2) is 8.42 Å². The first kappa shape index (κ1) is 16.7. The van der Waals surface area contributed by atoms with Crippen LogP contribution in [0.15, 0.2) is 17.0 Å². The van der Waals surface area contributed by atoms with E-state index in [4.69, 9.17) is 0 Å². The summed E-state index contributed by atoms with van der Waals surface area (Å²) >= 11 is 0. The van der Waals surface area contributed by atoms with Crippen LogP contribution < -0.4 is 0 Å². The fourth-order valence-corrected chi connectivity index (χ4v) is 4.45. The van der Waals surface area contributed by atoms with Crippen molar-refractivity contribution in [1.29, 1.82) is 0 Å². The van der Waals surface area contributed by atoms with Crippen molar-refractivity contribution in [2.24, 2.45) is 0 Å². The number of rotatable bonds is 3. The number of H-pyrrole nitrogens is 1. The monoisotopic (exact) mass is 326 g/mol. The van der Waals surface area contributed by atoms with Crippen molar-refractivity contribution in [1.82, 2.24) is 19.4 Å². The molecule has 0 unspecified atom stereocenters. The molecule has 22 heavy (non-hydrogen) atoms. The number of allylic oxidation sites excluding steroid dienone is 1. The van der Waals surface area contributed by atoms with Gasteiger partial charge in [-0.15, -0.1) is 0 Å². The van der Waals surface area contributed by atoms with Gasteiger partial charge in [-0.1, -0.05) is 6.08 Å². The van der Waals surface area contributed by atoms with Gasteiger partial charge in [0, 0.05) is 26.2 Å². The zero-order valence-corrected chi connectivity index (χ0v) is 14.0. The Kier molecular flexibility index (Phi) is 5.02. The molecule has 122 valence electrons. The Balaban J connectivity index is 2.19. The minimum Gasteiger partial charge on any atom is -0.338 e. The quantitative estimate of drug-likeness (QED) is 0.834.